The van der Waals surface area contributed by atoms with Crippen LogP contribution in [0.4, 0.5) is 13.2 Å². The van der Waals surface area contributed by atoms with Crippen molar-refractivity contribution in [3.8, 4) is 5.82 Å². The zero-order valence-corrected chi connectivity index (χ0v) is 12.5. The van der Waals surface area contributed by atoms with Crippen LogP contribution >= 0.6 is 15.9 Å². The van der Waals surface area contributed by atoms with Crippen molar-refractivity contribution in [2.45, 2.75) is 6.18 Å². The minimum atomic E-state index is -4.48. The van der Waals surface area contributed by atoms with Gasteiger partial charge in [0.15, 0.2) is 0 Å². The second kappa shape index (κ2) is 5.24. The molecule has 0 radical (unpaired) electrons. The van der Waals surface area contributed by atoms with Gasteiger partial charge in [0, 0.05) is 22.3 Å². The third kappa shape index (κ3) is 2.64. The van der Waals surface area contributed by atoms with E-state index in [1.165, 1.54) is 6.20 Å². The Hall–Kier alpha value is -2.15. The average molecular weight is 369 g/mol. The number of fused-ring (bicyclic) bond motifs is 1. The van der Waals surface area contributed by atoms with Crippen LogP contribution in [0.15, 0.2) is 58.1 Å². The molecule has 0 saturated heterocycles. The predicted molar refractivity (Wildman–Crippen MR) is 80.0 cm³/mol. The predicted octanol–water partition coefficient (Wildman–Crippen LogP) is 4.17. The molecule has 0 spiro atoms. The highest BCUT2D eigenvalue weighted by Gasteiger charge is 2.30. The Labute approximate surface area is 131 Å². The zero-order chi connectivity index (χ0) is 15.9. The van der Waals surface area contributed by atoms with Crippen LogP contribution in [-0.4, -0.2) is 9.55 Å². The molecule has 0 fully saturated rings. The van der Waals surface area contributed by atoms with Gasteiger partial charge in [-0.3, -0.25) is 9.36 Å². The molecule has 0 amide bonds. The van der Waals surface area contributed by atoms with Crippen molar-refractivity contribution in [3.05, 3.63) is 69.2 Å². The number of rotatable bonds is 1. The van der Waals surface area contributed by atoms with Crippen molar-refractivity contribution in [2.75, 3.05) is 0 Å². The molecule has 3 nitrogen and oxygen atoms in total. The van der Waals surface area contributed by atoms with E-state index >= 15 is 0 Å². The maximum atomic E-state index is 12.8. The number of pyridine rings is 2. The minimum Gasteiger partial charge on any atom is -0.268 e. The fourth-order valence-corrected chi connectivity index (χ4v) is 2.50. The van der Waals surface area contributed by atoms with E-state index in [0.717, 1.165) is 27.4 Å². The topological polar surface area (TPSA) is 34.9 Å². The molecule has 3 rings (SSSR count). The zero-order valence-electron chi connectivity index (χ0n) is 10.9. The van der Waals surface area contributed by atoms with E-state index in [4.69, 9.17) is 0 Å². The first-order valence-corrected chi connectivity index (χ1v) is 7.00. The van der Waals surface area contributed by atoms with Crippen molar-refractivity contribution >= 4 is 26.7 Å². The highest BCUT2D eigenvalue weighted by atomic mass is 79.9. The normalized spacial score (nSPS) is 11.8. The number of hydrogen-bond acceptors (Lipinski definition) is 2. The number of nitrogens with zero attached hydrogens (tertiary/aromatic N) is 2. The summed E-state index contributed by atoms with van der Waals surface area (Å²) < 4.78 is 40.2. The van der Waals surface area contributed by atoms with E-state index in [-0.39, 0.29) is 5.82 Å². The van der Waals surface area contributed by atoms with Crippen LogP contribution in [-0.2, 0) is 6.18 Å². The maximum Gasteiger partial charge on any atom is 0.416 e. The quantitative estimate of drug-likeness (QED) is 0.646. The maximum absolute atomic E-state index is 12.8. The van der Waals surface area contributed by atoms with E-state index in [0.29, 0.717) is 10.8 Å². The van der Waals surface area contributed by atoms with Gasteiger partial charge >= 0.3 is 6.18 Å². The van der Waals surface area contributed by atoms with Gasteiger partial charge in [0.25, 0.3) is 5.56 Å². The van der Waals surface area contributed by atoms with Crippen LogP contribution in [0, 0.1) is 0 Å². The van der Waals surface area contributed by atoms with Gasteiger partial charge in [-0.1, -0.05) is 15.9 Å². The van der Waals surface area contributed by atoms with Gasteiger partial charge in [-0.05, 0) is 41.8 Å². The molecule has 3 aromatic rings. The molecule has 1 aromatic carbocycles. The third-order valence-electron chi connectivity index (χ3n) is 3.19. The molecular formula is C15H8BrF3N2O. The first-order chi connectivity index (χ1) is 10.4. The van der Waals surface area contributed by atoms with Crippen molar-refractivity contribution in [3.63, 3.8) is 0 Å². The SMILES string of the molecule is O=c1c2ccc(Br)cc2ccn1-c1cc(C(F)(F)F)ccn1. The molecule has 2 heterocycles. The van der Waals surface area contributed by atoms with Gasteiger partial charge in [-0.15, -0.1) is 0 Å². The van der Waals surface area contributed by atoms with Gasteiger partial charge in [0.05, 0.1) is 5.56 Å². The van der Waals surface area contributed by atoms with E-state index < -0.39 is 17.3 Å². The molecule has 22 heavy (non-hydrogen) atoms. The molecule has 112 valence electrons. The third-order valence-corrected chi connectivity index (χ3v) is 3.68. The Morgan fingerprint density at radius 1 is 1.09 bits per heavy atom. The van der Waals surface area contributed by atoms with E-state index in [2.05, 4.69) is 20.9 Å². The monoisotopic (exact) mass is 368 g/mol. The number of benzene rings is 1. The van der Waals surface area contributed by atoms with Gasteiger partial charge in [-0.2, -0.15) is 13.2 Å². The molecule has 2 aromatic heterocycles. The lowest BCUT2D eigenvalue weighted by atomic mass is 10.2. The summed E-state index contributed by atoms with van der Waals surface area (Å²) in [4.78, 5) is 16.3. The summed E-state index contributed by atoms with van der Waals surface area (Å²) in [5, 5.41) is 1.10. The van der Waals surface area contributed by atoms with E-state index in [1.807, 2.05) is 0 Å². The smallest absolute Gasteiger partial charge is 0.268 e. The van der Waals surface area contributed by atoms with Gasteiger partial charge in [0.1, 0.15) is 5.82 Å². The van der Waals surface area contributed by atoms with Crippen molar-refractivity contribution < 1.29 is 13.2 Å². The molecule has 0 N–H and O–H groups in total. The van der Waals surface area contributed by atoms with Crippen LogP contribution in [0.1, 0.15) is 5.56 Å². The summed E-state index contributed by atoms with van der Waals surface area (Å²) in [6.07, 6.45) is -2.03. The second-order valence-electron chi connectivity index (χ2n) is 4.62. The molecule has 0 aliphatic carbocycles. The minimum absolute atomic E-state index is 0.0651. The molecule has 0 aliphatic rings. The molecule has 0 aliphatic heterocycles. The van der Waals surface area contributed by atoms with Crippen molar-refractivity contribution in [1.29, 1.82) is 0 Å². The summed E-state index contributed by atoms with van der Waals surface area (Å²) in [6, 6.07) is 8.46. The van der Waals surface area contributed by atoms with Gasteiger partial charge in [-0.25, -0.2) is 4.98 Å². The van der Waals surface area contributed by atoms with Gasteiger partial charge in [0.2, 0.25) is 0 Å². The van der Waals surface area contributed by atoms with E-state index in [1.54, 1.807) is 24.3 Å². The first kappa shape index (κ1) is 14.8. The van der Waals surface area contributed by atoms with Crippen LogP contribution in [0.3, 0.4) is 0 Å². The molecule has 0 saturated carbocycles. The van der Waals surface area contributed by atoms with Gasteiger partial charge < -0.3 is 0 Å². The van der Waals surface area contributed by atoms with Crippen LogP contribution in [0.2, 0.25) is 0 Å². The average Bonchev–Trinajstić information content (AvgIpc) is 2.46. The Kier molecular flexibility index (Phi) is 3.52. The highest BCUT2D eigenvalue weighted by molar-refractivity contribution is 9.10. The molecule has 0 bridgehead atoms. The number of aromatic nitrogens is 2. The van der Waals surface area contributed by atoms with Crippen molar-refractivity contribution in [1.82, 2.24) is 9.55 Å². The Morgan fingerprint density at radius 2 is 1.86 bits per heavy atom. The first-order valence-electron chi connectivity index (χ1n) is 6.21. The lowest BCUT2D eigenvalue weighted by molar-refractivity contribution is -0.137. The highest BCUT2D eigenvalue weighted by Crippen LogP contribution is 2.29. The molecular weight excluding hydrogens is 361 g/mol. The standard InChI is InChI=1S/C15H8BrF3N2O/c16-11-1-2-12-9(7-11)4-6-21(14(12)22)13-8-10(3-5-20-13)15(17,18)19/h1-8H. The lowest BCUT2D eigenvalue weighted by Gasteiger charge is -2.10. The van der Waals surface area contributed by atoms with E-state index in [9.17, 15) is 18.0 Å². The fourth-order valence-electron chi connectivity index (χ4n) is 2.13. The molecule has 0 unspecified atom stereocenters. The Balaban J connectivity index is 2.21. The Bertz CT molecular complexity index is 919. The molecule has 0 atom stereocenters. The number of alkyl halides is 3. The second-order valence-corrected chi connectivity index (χ2v) is 5.54. The van der Waals surface area contributed by atoms with Crippen molar-refractivity contribution in [2.24, 2.45) is 0 Å². The fraction of sp³-hybridized carbons (Fsp3) is 0.0667. The van der Waals surface area contributed by atoms with Crippen LogP contribution in [0.5, 0.6) is 0 Å². The summed E-state index contributed by atoms with van der Waals surface area (Å²) in [5.74, 6) is -0.0651. The largest absolute Gasteiger partial charge is 0.416 e. The lowest BCUT2D eigenvalue weighted by Crippen LogP contribution is -2.19. The summed E-state index contributed by atoms with van der Waals surface area (Å²) >= 11 is 3.31. The summed E-state index contributed by atoms with van der Waals surface area (Å²) in [5.41, 5.74) is -1.27. The molecule has 7 heteroatoms. The number of halogens is 4. The van der Waals surface area contributed by atoms with Crippen LogP contribution < -0.4 is 5.56 Å². The number of hydrogen-bond donors (Lipinski definition) is 0. The van der Waals surface area contributed by atoms with Crippen LogP contribution in [0.25, 0.3) is 16.6 Å². The summed E-state index contributed by atoms with van der Waals surface area (Å²) in [7, 11) is 0. The summed E-state index contributed by atoms with van der Waals surface area (Å²) in [6.45, 7) is 0. The Morgan fingerprint density at radius 3 is 2.59 bits per heavy atom.